The van der Waals surface area contributed by atoms with Gasteiger partial charge < -0.3 is 10.5 Å². The van der Waals surface area contributed by atoms with Crippen LogP contribution in [0.2, 0.25) is 0 Å². The fraction of sp³-hybridized carbons (Fsp3) is 0.500. The first-order valence-electron chi connectivity index (χ1n) is 4.59. The van der Waals surface area contributed by atoms with Gasteiger partial charge in [0.2, 0.25) is 0 Å². The first kappa shape index (κ1) is 17.4. The van der Waals surface area contributed by atoms with Crippen LogP contribution in [0.1, 0.15) is 24.8 Å². The van der Waals surface area contributed by atoms with Crippen molar-refractivity contribution in [2.45, 2.75) is 19.9 Å². The van der Waals surface area contributed by atoms with Gasteiger partial charge in [-0.3, -0.25) is 4.79 Å². The van der Waals surface area contributed by atoms with Crippen LogP contribution in [-0.2, 0) is 9.53 Å². The number of halogens is 3. The van der Waals surface area contributed by atoms with Gasteiger partial charge in [0.05, 0.1) is 22.4 Å². The van der Waals surface area contributed by atoms with Gasteiger partial charge in [0.1, 0.15) is 0 Å². The molecule has 0 aliphatic carbocycles. The number of carbonyl (C=O) groups is 1. The number of hydrogen-bond donors (Lipinski definition) is 1. The summed E-state index contributed by atoms with van der Waals surface area (Å²) in [4.78, 5) is 12.6. The van der Waals surface area contributed by atoms with Gasteiger partial charge in [-0.25, -0.2) is 0 Å². The molecule has 0 saturated carbocycles. The number of carbonyl (C=O) groups excluding carboxylic acids is 1. The molecule has 1 atom stereocenters. The van der Waals surface area contributed by atoms with E-state index in [2.05, 4.69) is 31.9 Å². The smallest absolute Gasteiger partial charge is 0.313 e. The zero-order valence-corrected chi connectivity index (χ0v) is 14.4. The quantitative estimate of drug-likeness (QED) is 0.774. The van der Waals surface area contributed by atoms with E-state index in [0.717, 1.165) is 13.1 Å². The first-order valence-corrected chi connectivity index (χ1v) is 6.99. The summed E-state index contributed by atoms with van der Waals surface area (Å²) in [7, 11) is 1.37. The highest BCUT2D eigenvalue weighted by Gasteiger charge is 2.37. The third-order valence-electron chi connectivity index (χ3n) is 2.46. The van der Waals surface area contributed by atoms with E-state index in [1.54, 1.807) is 13.8 Å². The molecule has 0 fully saturated rings. The average Bonchev–Trinajstić information content (AvgIpc) is 2.56. The summed E-state index contributed by atoms with van der Waals surface area (Å²) in [5, 5.41) is 0. The Labute approximate surface area is 128 Å². The molecule has 0 saturated heterocycles. The highest BCUT2D eigenvalue weighted by Crippen LogP contribution is 2.40. The van der Waals surface area contributed by atoms with Crippen LogP contribution in [-0.4, -0.2) is 13.1 Å². The standard InChI is InChI=1S/C10H13Br2NO2S.ClH/c1-10(2,9(14)15-3)7(13)6-4-5(11)8(12)16-6;/h4,7H,13H2,1-3H3;1H/t7-;/m0./s1. The maximum Gasteiger partial charge on any atom is 0.313 e. The number of nitrogens with two attached hydrogens (primary N) is 1. The van der Waals surface area contributed by atoms with Crippen LogP contribution in [0.25, 0.3) is 0 Å². The second-order valence-electron chi connectivity index (χ2n) is 3.96. The summed E-state index contributed by atoms with van der Waals surface area (Å²) in [6, 6.07) is 1.54. The Morgan fingerprint density at radius 3 is 2.41 bits per heavy atom. The van der Waals surface area contributed by atoms with E-state index in [-0.39, 0.29) is 24.4 Å². The van der Waals surface area contributed by atoms with E-state index in [1.165, 1.54) is 18.4 Å². The van der Waals surface area contributed by atoms with Crippen molar-refractivity contribution in [3.63, 3.8) is 0 Å². The molecular weight excluding hydrogens is 393 g/mol. The van der Waals surface area contributed by atoms with Gasteiger partial charge >= 0.3 is 5.97 Å². The van der Waals surface area contributed by atoms with Crippen molar-refractivity contribution in [2.75, 3.05) is 7.11 Å². The van der Waals surface area contributed by atoms with Gasteiger partial charge in [-0.2, -0.15) is 0 Å². The Kier molecular flexibility index (Phi) is 6.66. The van der Waals surface area contributed by atoms with Crippen LogP contribution in [0.4, 0.5) is 0 Å². The Morgan fingerprint density at radius 1 is 1.53 bits per heavy atom. The zero-order chi connectivity index (χ0) is 12.5. The number of hydrogen-bond acceptors (Lipinski definition) is 4. The van der Waals surface area contributed by atoms with Crippen LogP contribution >= 0.6 is 55.6 Å². The topological polar surface area (TPSA) is 52.3 Å². The second kappa shape index (κ2) is 6.52. The molecule has 0 aromatic carbocycles. The minimum atomic E-state index is -0.738. The molecule has 1 aromatic heterocycles. The number of ether oxygens (including phenoxy) is 1. The fourth-order valence-electron chi connectivity index (χ4n) is 1.26. The Balaban J connectivity index is 0.00000256. The normalized spacial score (nSPS) is 12.8. The molecule has 1 aromatic rings. The lowest BCUT2D eigenvalue weighted by atomic mass is 9.84. The van der Waals surface area contributed by atoms with Gasteiger partial charge in [-0.15, -0.1) is 23.7 Å². The zero-order valence-electron chi connectivity index (χ0n) is 9.62. The lowest BCUT2D eigenvalue weighted by Gasteiger charge is -2.27. The highest BCUT2D eigenvalue weighted by molar-refractivity contribution is 9.13. The summed E-state index contributed by atoms with van der Waals surface area (Å²) < 4.78 is 6.68. The number of rotatable bonds is 3. The number of esters is 1. The lowest BCUT2D eigenvalue weighted by Crippen LogP contribution is -2.36. The minimum absolute atomic E-state index is 0. The molecule has 0 radical (unpaired) electrons. The van der Waals surface area contributed by atoms with Crippen LogP contribution in [0.3, 0.4) is 0 Å². The average molecular weight is 408 g/mol. The van der Waals surface area contributed by atoms with Crippen LogP contribution in [0.15, 0.2) is 14.3 Å². The summed E-state index contributed by atoms with van der Waals surface area (Å²) in [6.07, 6.45) is 0. The van der Waals surface area contributed by atoms with E-state index in [0.29, 0.717) is 0 Å². The van der Waals surface area contributed by atoms with Crippen molar-refractivity contribution in [1.29, 1.82) is 0 Å². The third-order valence-corrected chi connectivity index (χ3v) is 5.80. The molecule has 0 bridgehead atoms. The fourth-order valence-corrected chi connectivity index (χ4v) is 3.54. The summed E-state index contributed by atoms with van der Waals surface area (Å²) in [5.41, 5.74) is 5.36. The first-order chi connectivity index (χ1) is 7.30. The van der Waals surface area contributed by atoms with Crippen LogP contribution in [0.5, 0.6) is 0 Å². The summed E-state index contributed by atoms with van der Waals surface area (Å²) in [5.74, 6) is -0.305. The molecule has 0 spiro atoms. The van der Waals surface area contributed by atoms with Crippen molar-refractivity contribution in [2.24, 2.45) is 11.1 Å². The molecule has 17 heavy (non-hydrogen) atoms. The van der Waals surface area contributed by atoms with Crippen molar-refractivity contribution in [3.8, 4) is 0 Å². The molecule has 0 aliphatic heterocycles. The third kappa shape index (κ3) is 3.67. The summed E-state index contributed by atoms with van der Waals surface area (Å²) in [6.45, 7) is 3.57. The number of methoxy groups -OCH3 is 1. The molecule has 0 unspecified atom stereocenters. The van der Waals surface area contributed by atoms with E-state index < -0.39 is 5.41 Å². The minimum Gasteiger partial charge on any atom is -0.469 e. The predicted octanol–water partition coefficient (Wildman–Crippen LogP) is 3.89. The molecule has 0 amide bonds. The van der Waals surface area contributed by atoms with Crippen molar-refractivity contribution in [1.82, 2.24) is 0 Å². The van der Waals surface area contributed by atoms with Gasteiger partial charge in [0.25, 0.3) is 0 Å². The maximum absolute atomic E-state index is 11.6. The largest absolute Gasteiger partial charge is 0.469 e. The maximum atomic E-state index is 11.6. The summed E-state index contributed by atoms with van der Waals surface area (Å²) >= 11 is 8.32. The van der Waals surface area contributed by atoms with E-state index in [4.69, 9.17) is 10.5 Å². The molecule has 1 rings (SSSR count). The SMILES string of the molecule is COC(=O)C(C)(C)[C@@H](N)c1cc(Br)c(Br)s1.Cl. The van der Waals surface area contributed by atoms with Crippen LogP contribution in [0, 0.1) is 5.41 Å². The van der Waals surface area contributed by atoms with E-state index in [1.807, 2.05) is 6.07 Å². The van der Waals surface area contributed by atoms with Gasteiger partial charge in [-0.05, 0) is 51.8 Å². The highest BCUT2D eigenvalue weighted by atomic mass is 79.9. The van der Waals surface area contributed by atoms with Crippen molar-refractivity contribution in [3.05, 3.63) is 19.2 Å². The predicted molar refractivity (Wildman–Crippen MR) is 79.7 cm³/mol. The molecular formula is C10H14Br2ClNO2S. The van der Waals surface area contributed by atoms with E-state index >= 15 is 0 Å². The monoisotopic (exact) mass is 405 g/mol. The lowest BCUT2D eigenvalue weighted by molar-refractivity contribution is -0.152. The van der Waals surface area contributed by atoms with Crippen molar-refractivity contribution >= 4 is 61.6 Å². The van der Waals surface area contributed by atoms with E-state index in [9.17, 15) is 4.79 Å². The molecule has 2 N–H and O–H groups in total. The van der Waals surface area contributed by atoms with Crippen LogP contribution < -0.4 is 5.73 Å². The Hall–Kier alpha value is 0.380. The van der Waals surface area contributed by atoms with Gasteiger partial charge in [0, 0.05) is 9.35 Å². The Bertz CT molecular complexity index is 390. The van der Waals surface area contributed by atoms with Crippen molar-refractivity contribution < 1.29 is 9.53 Å². The van der Waals surface area contributed by atoms with Gasteiger partial charge in [-0.1, -0.05) is 0 Å². The molecule has 3 nitrogen and oxygen atoms in total. The molecule has 0 aliphatic rings. The molecule has 98 valence electrons. The van der Waals surface area contributed by atoms with Gasteiger partial charge in [0.15, 0.2) is 0 Å². The Morgan fingerprint density at radius 2 is 2.06 bits per heavy atom. The molecule has 1 heterocycles. The molecule has 7 heteroatoms. The second-order valence-corrected chi connectivity index (χ2v) is 7.22. The number of thiophene rings is 1.